The summed E-state index contributed by atoms with van der Waals surface area (Å²) in [6.07, 6.45) is 0.780. The van der Waals surface area contributed by atoms with E-state index in [0.29, 0.717) is 5.75 Å². The van der Waals surface area contributed by atoms with Crippen LogP contribution in [0.2, 0.25) is 0 Å². The van der Waals surface area contributed by atoms with E-state index < -0.39 is 0 Å². The first kappa shape index (κ1) is 11.9. The fourth-order valence-electron chi connectivity index (χ4n) is 1.96. The van der Waals surface area contributed by atoms with Crippen molar-refractivity contribution in [3.63, 3.8) is 0 Å². The molecule has 0 saturated heterocycles. The van der Waals surface area contributed by atoms with Crippen LogP contribution in [-0.4, -0.2) is 10.1 Å². The second-order valence-electron chi connectivity index (χ2n) is 5.89. The highest BCUT2D eigenvalue weighted by molar-refractivity contribution is 5.81. The summed E-state index contributed by atoms with van der Waals surface area (Å²) in [5, 5.41) is 11.0. The Bertz CT molecular complexity index is 553. The Morgan fingerprint density at radius 1 is 1.18 bits per heavy atom. The Balaban J connectivity index is 2.52. The Kier molecular flexibility index (Phi) is 2.82. The quantitative estimate of drug-likeness (QED) is 0.806. The number of pyridine rings is 1. The highest BCUT2D eigenvalue weighted by Crippen LogP contribution is 2.28. The van der Waals surface area contributed by atoms with E-state index in [2.05, 4.69) is 25.8 Å². The lowest BCUT2D eigenvalue weighted by atomic mass is 9.90. The molecule has 0 aliphatic rings. The first-order valence-electron chi connectivity index (χ1n) is 5.94. The third-order valence-corrected chi connectivity index (χ3v) is 2.72. The van der Waals surface area contributed by atoms with Crippen molar-refractivity contribution in [2.24, 2.45) is 5.41 Å². The predicted molar refractivity (Wildman–Crippen MR) is 71.3 cm³/mol. The lowest BCUT2D eigenvalue weighted by Crippen LogP contribution is -2.10. The summed E-state index contributed by atoms with van der Waals surface area (Å²) in [7, 11) is 0. The molecule has 2 aromatic rings. The van der Waals surface area contributed by atoms with Gasteiger partial charge in [-0.05, 0) is 37.0 Å². The molecule has 90 valence electrons. The highest BCUT2D eigenvalue weighted by atomic mass is 16.3. The molecule has 0 amide bonds. The van der Waals surface area contributed by atoms with Gasteiger partial charge < -0.3 is 5.11 Å². The average molecular weight is 229 g/mol. The van der Waals surface area contributed by atoms with E-state index in [9.17, 15) is 5.11 Å². The van der Waals surface area contributed by atoms with Crippen LogP contribution in [0.4, 0.5) is 0 Å². The Hall–Kier alpha value is -1.57. The molecule has 0 unspecified atom stereocenters. The van der Waals surface area contributed by atoms with Gasteiger partial charge in [0.05, 0.1) is 11.2 Å². The van der Waals surface area contributed by atoms with Gasteiger partial charge in [-0.1, -0.05) is 32.4 Å². The zero-order valence-corrected chi connectivity index (χ0v) is 10.9. The fraction of sp³-hybridized carbons (Fsp3) is 0.400. The van der Waals surface area contributed by atoms with Gasteiger partial charge in [0.25, 0.3) is 0 Å². The van der Waals surface area contributed by atoms with Crippen molar-refractivity contribution in [1.29, 1.82) is 0 Å². The van der Waals surface area contributed by atoms with Crippen LogP contribution in [0.3, 0.4) is 0 Å². The molecule has 0 fully saturated rings. The molecule has 2 heteroatoms. The average Bonchev–Trinajstić information content (AvgIpc) is 2.17. The Labute approximate surface area is 102 Å². The molecule has 2 rings (SSSR count). The summed E-state index contributed by atoms with van der Waals surface area (Å²) in [6.45, 7) is 8.48. The molecule has 1 aromatic carbocycles. The fourth-order valence-corrected chi connectivity index (χ4v) is 1.96. The highest BCUT2D eigenvalue weighted by Gasteiger charge is 2.16. The van der Waals surface area contributed by atoms with Crippen molar-refractivity contribution in [2.45, 2.75) is 34.1 Å². The monoisotopic (exact) mass is 229 g/mol. The van der Waals surface area contributed by atoms with Crippen LogP contribution in [0.1, 0.15) is 32.0 Å². The third kappa shape index (κ3) is 2.76. The van der Waals surface area contributed by atoms with E-state index in [0.717, 1.165) is 23.0 Å². The number of aromatic hydroxyl groups is 1. The number of benzene rings is 1. The molecule has 0 saturated carbocycles. The maximum absolute atomic E-state index is 10.0. The number of nitrogens with zero attached hydrogens (tertiary/aromatic N) is 1. The van der Waals surface area contributed by atoms with E-state index in [1.807, 2.05) is 31.2 Å². The van der Waals surface area contributed by atoms with E-state index in [-0.39, 0.29) is 5.41 Å². The number of fused-ring (bicyclic) bond motifs is 1. The predicted octanol–water partition coefficient (Wildman–Crippen LogP) is 3.84. The molecular weight excluding hydrogens is 210 g/mol. The van der Waals surface area contributed by atoms with Crippen molar-refractivity contribution >= 4 is 10.9 Å². The SMILES string of the molecule is Cc1ccc2nc(CC(C)(C)C)c(O)cc2c1. The normalized spacial score (nSPS) is 12.0. The minimum Gasteiger partial charge on any atom is -0.506 e. The van der Waals surface area contributed by atoms with E-state index in [4.69, 9.17) is 0 Å². The van der Waals surface area contributed by atoms with E-state index >= 15 is 0 Å². The lowest BCUT2D eigenvalue weighted by Gasteiger charge is -2.18. The van der Waals surface area contributed by atoms with Gasteiger partial charge in [0, 0.05) is 5.39 Å². The van der Waals surface area contributed by atoms with Crippen LogP contribution < -0.4 is 0 Å². The van der Waals surface area contributed by atoms with Gasteiger partial charge in [0.2, 0.25) is 0 Å². The zero-order chi connectivity index (χ0) is 12.6. The van der Waals surface area contributed by atoms with Crippen molar-refractivity contribution < 1.29 is 5.11 Å². The second kappa shape index (κ2) is 4.02. The number of rotatable bonds is 1. The summed E-state index contributed by atoms with van der Waals surface area (Å²) >= 11 is 0. The maximum Gasteiger partial charge on any atom is 0.137 e. The lowest BCUT2D eigenvalue weighted by molar-refractivity contribution is 0.389. The molecule has 1 heterocycles. The summed E-state index contributed by atoms with van der Waals surface area (Å²) < 4.78 is 0. The standard InChI is InChI=1S/C15H19NO/c1-10-5-6-12-11(7-10)8-14(17)13(16-12)9-15(2,3)4/h5-8,17H,9H2,1-4H3. The molecule has 0 atom stereocenters. The van der Waals surface area contributed by atoms with Crippen molar-refractivity contribution in [3.8, 4) is 5.75 Å². The molecular formula is C15H19NO. The Morgan fingerprint density at radius 2 is 1.88 bits per heavy atom. The minimum absolute atomic E-state index is 0.128. The first-order valence-corrected chi connectivity index (χ1v) is 5.94. The van der Waals surface area contributed by atoms with Gasteiger partial charge in [0.1, 0.15) is 5.75 Å². The van der Waals surface area contributed by atoms with Gasteiger partial charge >= 0.3 is 0 Å². The molecule has 17 heavy (non-hydrogen) atoms. The topological polar surface area (TPSA) is 33.1 Å². The summed E-state index contributed by atoms with van der Waals surface area (Å²) in [6, 6.07) is 7.92. The Morgan fingerprint density at radius 3 is 2.53 bits per heavy atom. The summed E-state index contributed by atoms with van der Waals surface area (Å²) in [5.74, 6) is 0.304. The zero-order valence-electron chi connectivity index (χ0n) is 10.9. The van der Waals surface area contributed by atoms with Gasteiger partial charge in [-0.25, -0.2) is 4.98 Å². The molecule has 0 bridgehead atoms. The number of aromatic nitrogens is 1. The van der Waals surface area contributed by atoms with Gasteiger partial charge in [-0.2, -0.15) is 0 Å². The minimum atomic E-state index is 0.128. The van der Waals surface area contributed by atoms with Crippen molar-refractivity contribution in [2.75, 3.05) is 0 Å². The number of hydrogen-bond acceptors (Lipinski definition) is 2. The van der Waals surface area contributed by atoms with E-state index in [1.165, 1.54) is 5.56 Å². The van der Waals surface area contributed by atoms with Crippen LogP contribution in [0.5, 0.6) is 5.75 Å². The number of hydrogen-bond donors (Lipinski definition) is 1. The van der Waals surface area contributed by atoms with Crippen LogP contribution in [0.15, 0.2) is 24.3 Å². The van der Waals surface area contributed by atoms with Crippen molar-refractivity contribution in [3.05, 3.63) is 35.5 Å². The van der Waals surface area contributed by atoms with Gasteiger partial charge in [-0.15, -0.1) is 0 Å². The number of aryl methyl sites for hydroxylation is 1. The smallest absolute Gasteiger partial charge is 0.137 e. The second-order valence-corrected chi connectivity index (χ2v) is 5.89. The van der Waals surface area contributed by atoms with Gasteiger partial charge in [0.15, 0.2) is 0 Å². The van der Waals surface area contributed by atoms with E-state index in [1.54, 1.807) is 0 Å². The molecule has 0 aliphatic carbocycles. The summed E-state index contributed by atoms with van der Waals surface area (Å²) in [5.41, 5.74) is 3.05. The molecule has 0 aliphatic heterocycles. The first-order chi connectivity index (χ1) is 7.85. The molecule has 0 spiro atoms. The molecule has 1 N–H and O–H groups in total. The van der Waals surface area contributed by atoms with Crippen LogP contribution in [-0.2, 0) is 6.42 Å². The van der Waals surface area contributed by atoms with Crippen LogP contribution in [0.25, 0.3) is 10.9 Å². The molecule has 1 aromatic heterocycles. The maximum atomic E-state index is 10.0. The third-order valence-electron chi connectivity index (χ3n) is 2.72. The summed E-state index contributed by atoms with van der Waals surface area (Å²) in [4.78, 5) is 4.55. The molecule has 0 radical (unpaired) electrons. The van der Waals surface area contributed by atoms with Gasteiger partial charge in [-0.3, -0.25) is 0 Å². The molecule has 2 nitrogen and oxygen atoms in total. The van der Waals surface area contributed by atoms with Crippen molar-refractivity contribution in [1.82, 2.24) is 4.98 Å². The largest absolute Gasteiger partial charge is 0.506 e. The van der Waals surface area contributed by atoms with Crippen LogP contribution >= 0.6 is 0 Å². The van der Waals surface area contributed by atoms with Crippen LogP contribution in [0, 0.1) is 12.3 Å².